The summed E-state index contributed by atoms with van der Waals surface area (Å²) >= 11 is 12.2. The summed E-state index contributed by atoms with van der Waals surface area (Å²) in [6, 6.07) is 17.0. The molecule has 1 aliphatic rings. The van der Waals surface area contributed by atoms with E-state index in [1.54, 1.807) is 12.1 Å². The second kappa shape index (κ2) is 8.87. The van der Waals surface area contributed by atoms with Crippen molar-refractivity contribution in [2.75, 3.05) is 0 Å². The number of para-hydroxylation sites is 1. The third kappa shape index (κ3) is 3.99. The normalized spacial score (nSPS) is 17.5. The number of aliphatic hydroxyl groups is 1. The van der Waals surface area contributed by atoms with Crippen LogP contribution < -0.4 is 0 Å². The van der Waals surface area contributed by atoms with Crippen molar-refractivity contribution in [1.29, 1.82) is 0 Å². The lowest BCUT2D eigenvalue weighted by Gasteiger charge is -2.25. The molecule has 0 bridgehead atoms. The number of halogens is 3. The molecular weight excluding hydrogens is 490 g/mol. The SMILES string of the molecule is Cn1cc(C2/C(=C(\O)c3ccc(Cl)c(Cl)c3)C(=O)C(=O)N2Cc2ccc(F)cc2)c2ccccc21. The van der Waals surface area contributed by atoms with Gasteiger partial charge in [-0.15, -0.1) is 0 Å². The summed E-state index contributed by atoms with van der Waals surface area (Å²) in [4.78, 5) is 28.0. The van der Waals surface area contributed by atoms with E-state index in [0.717, 1.165) is 10.9 Å². The fourth-order valence-electron chi connectivity index (χ4n) is 4.54. The fraction of sp³-hybridized carbons (Fsp3) is 0.111. The van der Waals surface area contributed by atoms with E-state index in [0.29, 0.717) is 16.1 Å². The van der Waals surface area contributed by atoms with Crippen LogP contribution in [0.3, 0.4) is 0 Å². The van der Waals surface area contributed by atoms with E-state index >= 15 is 0 Å². The van der Waals surface area contributed by atoms with Gasteiger partial charge in [0.2, 0.25) is 0 Å². The first-order valence-electron chi connectivity index (χ1n) is 10.8. The van der Waals surface area contributed by atoms with Crippen LogP contribution in [0.2, 0.25) is 10.0 Å². The molecule has 1 aromatic heterocycles. The van der Waals surface area contributed by atoms with Crippen molar-refractivity contribution in [3.8, 4) is 0 Å². The quantitative estimate of drug-likeness (QED) is 0.201. The Labute approximate surface area is 210 Å². The van der Waals surface area contributed by atoms with Crippen molar-refractivity contribution >= 4 is 51.6 Å². The summed E-state index contributed by atoms with van der Waals surface area (Å²) in [6.45, 7) is 0.0525. The maximum atomic E-state index is 13.5. The Balaban J connectivity index is 1.73. The molecule has 0 aliphatic carbocycles. The van der Waals surface area contributed by atoms with Crippen LogP contribution in [0.15, 0.2) is 78.5 Å². The smallest absolute Gasteiger partial charge is 0.295 e. The Morgan fingerprint density at radius 2 is 1.71 bits per heavy atom. The highest BCUT2D eigenvalue weighted by molar-refractivity contribution is 6.47. The van der Waals surface area contributed by atoms with Crippen LogP contribution in [-0.4, -0.2) is 26.3 Å². The molecule has 0 spiro atoms. The lowest BCUT2D eigenvalue weighted by Crippen LogP contribution is -2.29. The number of nitrogens with zero attached hydrogens (tertiary/aromatic N) is 2. The van der Waals surface area contributed by atoms with E-state index in [9.17, 15) is 19.1 Å². The molecule has 1 atom stereocenters. The molecule has 5 nitrogen and oxygen atoms in total. The maximum Gasteiger partial charge on any atom is 0.295 e. The molecule has 1 saturated heterocycles. The van der Waals surface area contributed by atoms with Crippen LogP contribution in [0.25, 0.3) is 16.7 Å². The Kier molecular flexibility index (Phi) is 5.87. The minimum absolute atomic E-state index is 0.0492. The van der Waals surface area contributed by atoms with E-state index in [2.05, 4.69) is 0 Å². The number of benzene rings is 3. The molecular formula is C27H19Cl2FN2O3. The standard InChI is InChI=1S/C27H19Cl2FN2O3/c1-31-14-19(18-4-2-3-5-22(18)31)24-23(25(33)16-8-11-20(28)21(29)12-16)26(34)27(35)32(24)13-15-6-9-17(30)10-7-15/h2-12,14,24,33H,13H2,1H3/b25-23+. The summed E-state index contributed by atoms with van der Waals surface area (Å²) in [6.07, 6.45) is 1.85. The molecule has 1 unspecified atom stereocenters. The molecule has 1 amide bonds. The third-order valence-corrected chi connectivity index (χ3v) is 6.96. The molecule has 0 saturated carbocycles. The van der Waals surface area contributed by atoms with Gasteiger partial charge < -0.3 is 14.6 Å². The van der Waals surface area contributed by atoms with Gasteiger partial charge in [-0.05, 0) is 42.0 Å². The topological polar surface area (TPSA) is 62.5 Å². The van der Waals surface area contributed by atoms with Gasteiger partial charge in [-0.3, -0.25) is 9.59 Å². The summed E-state index contributed by atoms with van der Waals surface area (Å²) in [5.41, 5.74) is 2.46. The van der Waals surface area contributed by atoms with E-state index in [1.165, 1.54) is 35.2 Å². The minimum atomic E-state index is -0.874. The van der Waals surface area contributed by atoms with Crippen molar-refractivity contribution in [3.63, 3.8) is 0 Å². The van der Waals surface area contributed by atoms with E-state index in [1.807, 2.05) is 42.1 Å². The summed E-state index contributed by atoms with van der Waals surface area (Å²) < 4.78 is 15.4. The number of carbonyl (C=O) groups excluding carboxylic acids is 2. The average molecular weight is 509 g/mol. The zero-order valence-electron chi connectivity index (χ0n) is 18.5. The van der Waals surface area contributed by atoms with Gasteiger partial charge in [-0.2, -0.15) is 0 Å². The van der Waals surface area contributed by atoms with Crippen molar-refractivity contribution in [2.45, 2.75) is 12.6 Å². The monoisotopic (exact) mass is 508 g/mol. The lowest BCUT2D eigenvalue weighted by molar-refractivity contribution is -0.140. The zero-order chi connectivity index (χ0) is 24.9. The number of ketones is 1. The molecule has 1 fully saturated rings. The molecule has 1 N–H and O–H groups in total. The first kappa shape index (κ1) is 23.1. The number of hydrogen-bond donors (Lipinski definition) is 1. The van der Waals surface area contributed by atoms with Crippen LogP contribution in [0, 0.1) is 5.82 Å². The van der Waals surface area contributed by atoms with Gasteiger partial charge in [0.15, 0.2) is 0 Å². The molecule has 4 aromatic rings. The van der Waals surface area contributed by atoms with Crippen LogP contribution in [0.4, 0.5) is 4.39 Å². The van der Waals surface area contributed by atoms with Gasteiger partial charge in [-0.25, -0.2) is 4.39 Å². The summed E-state index contributed by atoms with van der Waals surface area (Å²) in [7, 11) is 1.87. The number of likely N-dealkylation sites (tertiary alicyclic amines) is 1. The average Bonchev–Trinajstić information content (AvgIpc) is 3.30. The Hall–Kier alpha value is -3.61. The lowest BCUT2D eigenvalue weighted by atomic mass is 9.95. The van der Waals surface area contributed by atoms with Gasteiger partial charge in [0.1, 0.15) is 11.6 Å². The Bertz CT molecular complexity index is 1530. The number of aliphatic hydroxyl groups excluding tert-OH is 1. The predicted molar refractivity (Wildman–Crippen MR) is 134 cm³/mol. The highest BCUT2D eigenvalue weighted by Crippen LogP contribution is 2.43. The zero-order valence-corrected chi connectivity index (χ0v) is 20.0. The highest BCUT2D eigenvalue weighted by Gasteiger charge is 2.47. The highest BCUT2D eigenvalue weighted by atomic mass is 35.5. The van der Waals surface area contributed by atoms with E-state index in [-0.39, 0.29) is 28.5 Å². The fourth-order valence-corrected chi connectivity index (χ4v) is 4.84. The molecule has 0 radical (unpaired) electrons. The molecule has 176 valence electrons. The van der Waals surface area contributed by atoms with Crippen molar-refractivity contribution in [2.24, 2.45) is 7.05 Å². The predicted octanol–water partition coefficient (Wildman–Crippen LogP) is 6.25. The summed E-state index contributed by atoms with van der Waals surface area (Å²) in [5.74, 6) is -2.31. The van der Waals surface area contributed by atoms with Crippen molar-refractivity contribution < 1.29 is 19.1 Å². The maximum absolute atomic E-state index is 13.5. The van der Waals surface area contributed by atoms with Crippen LogP contribution >= 0.6 is 23.2 Å². The van der Waals surface area contributed by atoms with E-state index < -0.39 is 23.5 Å². The van der Waals surface area contributed by atoms with Gasteiger partial charge in [0.05, 0.1) is 21.7 Å². The van der Waals surface area contributed by atoms with E-state index in [4.69, 9.17) is 23.2 Å². The second-order valence-electron chi connectivity index (χ2n) is 8.39. The third-order valence-electron chi connectivity index (χ3n) is 6.22. The number of carbonyl (C=O) groups is 2. The van der Waals surface area contributed by atoms with Crippen molar-refractivity contribution in [1.82, 2.24) is 9.47 Å². The van der Waals surface area contributed by atoms with Crippen LogP contribution in [0.5, 0.6) is 0 Å². The molecule has 5 rings (SSSR count). The van der Waals surface area contributed by atoms with Gasteiger partial charge >= 0.3 is 0 Å². The Morgan fingerprint density at radius 3 is 2.43 bits per heavy atom. The largest absolute Gasteiger partial charge is 0.507 e. The van der Waals surface area contributed by atoms with Crippen molar-refractivity contribution in [3.05, 3.63) is 111 Å². The summed E-state index contributed by atoms with van der Waals surface area (Å²) in [5, 5.41) is 12.6. The first-order valence-corrected chi connectivity index (χ1v) is 11.5. The van der Waals surface area contributed by atoms with Gasteiger partial charge in [0, 0.05) is 41.8 Å². The molecule has 8 heteroatoms. The molecule has 2 heterocycles. The van der Waals surface area contributed by atoms with Crippen LogP contribution in [-0.2, 0) is 23.2 Å². The second-order valence-corrected chi connectivity index (χ2v) is 9.21. The van der Waals surface area contributed by atoms with Gasteiger partial charge in [0.25, 0.3) is 11.7 Å². The number of aryl methyl sites for hydroxylation is 1. The Morgan fingerprint density at radius 1 is 1.00 bits per heavy atom. The number of fused-ring (bicyclic) bond motifs is 1. The molecule has 1 aliphatic heterocycles. The first-order chi connectivity index (χ1) is 16.8. The molecule has 3 aromatic carbocycles. The number of Topliss-reactive ketones (excluding diaryl/α,β-unsaturated/α-hetero) is 1. The number of rotatable bonds is 4. The van der Waals surface area contributed by atoms with Gasteiger partial charge in [-0.1, -0.05) is 53.5 Å². The van der Waals surface area contributed by atoms with Crippen LogP contribution in [0.1, 0.15) is 22.7 Å². The molecule has 35 heavy (non-hydrogen) atoms. The number of hydrogen-bond acceptors (Lipinski definition) is 3. The minimum Gasteiger partial charge on any atom is -0.507 e. The number of aromatic nitrogens is 1. The number of amides is 1.